The maximum atomic E-state index is 13.3. The molecular formula is C29H40ClN3O5. The Balaban J connectivity index is 1.36. The van der Waals surface area contributed by atoms with Crippen LogP contribution in [0.2, 0.25) is 5.02 Å². The molecule has 38 heavy (non-hydrogen) atoms. The Kier molecular flexibility index (Phi) is 10.4. The maximum absolute atomic E-state index is 13.3. The molecular weight excluding hydrogens is 506 g/mol. The number of nitrogens with one attached hydrogen (secondary N) is 3. The summed E-state index contributed by atoms with van der Waals surface area (Å²) in [6.45, 7) is 0.584. The van der Waals surface area contributed by atoms with Gasteiger partial charge in [0.2, 0.25) is 11.8 Å². The van der Waals surface area contributed by atoms with E-state index in [0.717, 1.165) is 56.9 Å². The Morgan fingerprint density at radius 2 is 1.87 bits per heavy atom. The molecule has 1 aliphatic heterocycles. The van der Waals surface area contributed by atoms with Crippen LogP contribution < -0.4 is 16.0 Å². The second kappa shape index (κ2) is 14.0. The van der Waals surface area contributed by atoms with Gasteiger partial charge in [-0.15, -0.1) is 0 Å². The van der Waals surface area contributed by atoms with Gasteiger partial charge >= 0.3 is 6.09 Å². The molecule has 0 radical (unpaired) electrons. The van der Waals surface area contributed by atoms with E-state index in [9.17, 15) is 19.2 Å². The zero-order valence-electron chi connectivity index (χ0n) is 22.0. The topological polar surface area (TPSA) is 114 Å². The maximum Gasteiger partial charge on any atom is 0.408 e. The van der Waals surface area contributed by atoms with Crippen molar-refractivity contribution in [3.8, 4) is 0 Å². The lowest BCUT2D eigenvalue weighted by Crippen LogP contribution is -2.52. The van der Waals surface area contributed by atoms with E-state index in [-0.39, 0.29) is 30.3 Å². The molecule has 0 spiro atoms. The molecule has 0 unspecified atom stereocenters. The van der Waals surface area contributed by atoms with Crippen LogP contribution in [0.4, 0.5) is 4.79 Å². The minimum absolute atomic E-state index is 0.0875. The summed E-state index contributed by atoms with van der Waals surface area (Å²) in [5.74, 6) is -0.251. The van der Waals surface area contributed by atoms with E-state index in [1.807, 2.05) is 24.3 Å². The van der Waals surface area contributed by atoms with E-state index >= 15 is 0 Å². The highest BCUT2D eigenvalue weighted by Crippen LogP contribution is 2.32. The van der Waals surface area contributed by atoms with Crippen molar-refractivity contribution < 1.29 is 23.9 Å². The molecule has 3 fully saturated rings. The average molecular weight is 546 g/mol. The fraction of sp³-hybridized carbons (Fsp3) is 0.655. The second-order valence-electron chi connectivity index (χ2n) is 11.2. The first kappa shape index (κ1) is 28.4. The molecule has 2 aliphatic carbocycles. The zero-order valence-corrected chi connectivity index (χ0v) is 22.7. The monoisotopic (exact) mass is 545 g/mol. The van der Waals surface area contributed by atoms with Crippen molar-refractivity contribution in [3.05, 3.63) is 34.9 Å². The number of benzene rings is 1. The number of hydrogen-bond acceptors (Lipinski definition) is 5. The molecule has 2 saturated carbocycles. The van der Waals surface area contributed by atoms with E-state index in [1.165, 1.54) is 6.42 Å². The van der Waals surface area contributed by atoms with E-state index in [1.54, 1.807) is 0 Å². The minimum atomic E-state index is -0.793. The lowest BCUT2D eigenvalue weighted by Gasteiger charge is -2.28. The fourth-order valence-corrected chi connectivity index (χ4v) is 6.48. The number of halogens is 1. The Hall–Kier alpha value is -2.61. The first-order chi connectivity index (χ1) is 18.4. The van der Waals surface area contributed by atoms with Gasteiger partial charge in [-0.1, -0.05) is 55.8 Å². The standard InChI is InChI=1S/C29H40ClN3O5/c30-23-10-4-8-20(15-23)14-21-9-5-11-26(21)38-29(37)33-25(16-19-6-2-1-3-7-19)28(36)32-24(18-34)17-22-12-13-31-27(22)35/h4,8,10,15,18-19,21-22,24-26H,1-3,5-7,9,11-14,16-17H2,(H,31,35)(H,32,36)(H,33,37)/t21-,22+,24+,25+,26-/m1/s1. The lowest BCUT2D eigenvalue weighted by atomic mass is 9.84. The smallest absolute Gasteiger partial charge is 0.408 e. The zero-order chi connectivity index (χ0) is 26.9. The van der Waals surface area contributed by atoms with Crippen LogP contribution in [0.1, 0.15) is 76.2 Å². The van der Waals surface area contributed by atoms with Crippen LogP contribution in [-0.2, 0) is 25.5 Å². The SMILES string of the molecule is O=C[C@H](C[C@@H]1CCNC1=O)NC(=O)[C@H](CC1CCCCC1)NC(=O)O[C@@H]1CCC[C@@H]1Cc1cccc(Cl)c1. The molecule has 1 aromatic rings. The van der Waals surface area contributed by atoms with E-state index in [0.29, 0.717) is 36.6 Å². The molecule has 3 amide bonds. The minimum Gasteiger partial charge on any atom is -0.446 e. The first-order valence-corrected chi connectivity index (χ1v) is 14.5. The number of rotatable bonds is 11. The average Bonchev–Trinajstić information content (AvgIpc) is 3.51. The van der Waals surface area contributed by atoms with Gasteiger partial charge < -0.3 is 25.5 Å². The van der Waals surface area contributed by atoms with E-state index in [4.69, 9.17) is 16.3 Å². The number of alkyl carbamates (subject to hydrolysis) is 1. The summed E-state index contributed by atoms with van der Waals surface area (Å²) in [6.07, 6.45) is 10.2. The summed E-state index contributed by atoms with van der Waals surface area (Å²) >= 11 is 6.14. The molecule has 1 aromatic carbocycles. The normalized spacial score (nSPS) is 25.3. The predicted octanol–water partition coefficient (Wildman–Crippen LogP) is 4.33. The van der Waals surface area contributed by atoms with Crippen molar-refractivity contribution in [2.24, 2.45) is 17.8 Å². The van der Waals surface area contributed by atoms with Crippen molar-refractivity contribution >= 4 is 35.8 Å². The van der Waals surface area contributed by atoms with Gasteiger partial charge in [0.15, 0.2) is 0 Å². The van der Waals surface area contributed by atoms with Gasteiger partial charge in [-0.2, -0.15) is 0 Å². The van der Waals surface area contributed by atoms with E-state index in [2.05, 4.69) is 16.0 Å². The summed E-state index contributed by atoms with van der Waals surface area (Å²) in [6, 6.07) is 6.18. The molecule has 1 heterocycles. The molecule has 5 atom stereocenters. The van der Waals surface area contributed by atoms with Gasteiger partial charge in [-0.3, -0.25) is 9.59 Å². The number of ether oxygens (including phenoxy) is 1. The number of amides is 3. The molecule has 1 saturated heterocycles. The summed E-state index contributed by atoms with van der Waals surface area (Å²) < 4.78 is 5.86. The number of aldehydes is 1. The van der Waals surface area contributed by atoms with Gasteiger partial charge in [-0.25, -0.2) is 4.79 Å². The highest BCUT2D eigenvalue weighted by molar-refractivity contribution is 6.30. The Bertz CT molecular complexity index is 983. The van der Waals surface area contributed by atoms with Gasteiger partial charge in [-0.05, 0) is 68.6 Å². The summed E-state index contributed by atoms with van der Waals surface area (Å²) in [4.78, 5) is 50.0. The Labute approximate surface area is 230 Å². The number of carbonyl (C=O) groups is 4. The van der Waals surface area contributed by atoms with Gasteiger partial charge in [0.05, 0.1) is 6.04 Å². The highest BCUT2D eigenvalue weighted by atomic mass is 35.5. The largest absolute Gasteiger partial charge is 0.446 e. The van der Waals surface area contributed by atoms with Crippen LogP contribution in [0.25, 0.3) is 0 Å². The van der Waals surface area contributed by atoms with Crippen molar-refractivity contribution in [2.45, 2.75) is 95.2 Å². The molecule has 208 valence electrons. The highest BCUT2D eigenvalue weighted by Gasteiger charge is 2.34. The summed E-state index contributed by atoms with van der Waals surface area (Å²) in [5, 5.41) is 9.06. The van der Waals surface area contributed by atoms with Crippen molar-refractivity contribution in [2.75, 3.05) is 6.54 Å². The molecule has 8 nitrogen and oxygen atoms in total. The lowest BCUT2D eigenvalue weighted by molar-refractivity contribution is -0.127. The molecule has 3 aliphatic rings. The third-order valence-corrected chi connectivity index (χ3v) is 8.57. The van der Waals surface area contributed by atoms with Crippen molar-refractivity contribution in [3.63, 3.8) is 0 Å². The summed E-state index contributed by atoms with van der Waals surface area (Å²) in [7, 11) is 0. The third kappa shape index (κ3) is 8.19. The first-order valence-electron chi connectivity index (χ1n) is 14.2. The number of hydrogen-bond donors (Lipinski definition) is 3. The Morgan fingerprint density at radius 3 is 2.58 bits per heavy atom. The number of carbonyl (C=O) groups excluding carboxylic acids is 4. The third-order valence-electron chi connectivity index (χ3n) is 8.33. The van der Waals surface area contributed by atoms with Gasteiger partial charge in [0.1, 0.15) is 18.4 Å². The second-order valence-corrected chi connectivity index (χ2v) is 11.6. The molecule has 4 rings (SSSR count). The Morgan fingerprint density at radius 1 is 1.05 bits per heavy atom. The van der Waals surface area contributed by atoms with Crippen LogP contribution in [0.5, 0.6) is 0 Å². The van der Waals surface area contributed by atoms with Gasteiger partial charge in [0, 0.05) is 23.4 Å². The van der Waals surface area contributed by atoms with E-state index < -0.39 is 24.1 Å². The molecule has 0 aromatic heterocycles. The van der Waals surface area contributed by atoms with Crippen LogP contribution in [0.15, 0.2) is 24.3 Å². The van der Waals surface area contributed by atoms with Crippen molar-refractivity contribution in [1.29, 1.82) is 0 Å². The van der Waals surface area contributed by atoms with Crippen molar-refractivity contribution in [1.82, 2.24) is 16.0 Å². The van der Waals surface area contributed by atoms with Crippen LogP contribution >= 0.6 is 11.6 Å². The van der Waals surface area contributed by atoms with Crippen LogP contribution in [0.3, 0.4) is 0 Å². The van der Waals surface area contributed by atoms with Gasteiger partial charge in [0.25, 0.3) is 0 Å². The molecule has 9 heteroatoms. The predicted molar refractivity (Wildman–Crippen MR) is 145 cm³/mol. The van der Waals surface area contributed by atoms with Crippen LogP contribution in [-0.4, -0.2) is 48.9 Å². The quantitative estimate of drug-likeness (QED) is 0.358. The van der Waals surface area contributed by atoms with Crippen LogP contribution in [0, 0.1) is 17.8 Å². The fourth-order valence-electron chi connectivity index (χ4n) is 6.27. The summed E-state index contributed by atoms with van der Waals surface area (Å²) in [5.41, 5.74) is 1.11. The molecule has 3 N–H and O–H groups in total. The molecule has 0 bridgehead atoms.